The number of alkyl halides is 3. The molecule has 6 nitrogen and oxygen atoms in total. The molecule has 0 fully saturated rings. The van der Waals surface area contributed by atoms with Crippen molar-refractivity contribution in [3.8, 4) is 0 Å². The van der Waals surface area contributed by atoms with Crippen LogP contribution in [0.1, 0.15) is 31.9 Å². The van der Waals surface area contributed by atoms with E-state index < -0.39 is 11.7 Å². The van der Waals surface area contributed by atoms with E-state index in [1.807, 2.05) is 18.5 Å². The molecule has 0 unspecified atom stereocenters. The lowest BCUT2D eigenvalue weighted by molar-refractivity contribution is -0.137. The van der Waals surface area contributed by atoms with Gasteiger partial charge in [0.05, 0.1) is 17.3 Å². The molecule has 0 bridgehead atoms. The first kappa shape index (κ1) is 20.7. The predicted molar refractivity (Wildman–Crippen MR) is 115 cm³/mol. The number of amides is 1. The number of rotatable bonds is 4. The zero-order valence-electron chi connectivity index (χ0n) is 16.8. The summed E-state index contributed by atoms with van der Waals surface area (Å²) in [5.74, 6) is -0.386. The van der Waals surface area contributed by atoms with E-state index in [1.165, 1.54) is 23.5 Å². The number of anilines is 1. The van der Waals surface area contributed by atoms with E-state index in [9.17, 15) is 18.0 Å². The van der Waals surface area contributed by atoms with Crippen LogP contribution >= 0.6 is 11.3 Å². The molecule has 0 radical (unpaired) electrons. The van der Waals surface area contributed by atoms with Crippen molar-refractivity contribution in [3.63, 3.8) is 0 Å². The number of halogens is 3. The quantitative estimate of drug-likeness (QED) is 0.486. The van der Waals surface area contributed by atoms with Crippen LogP contribution in [0.2, 0.25) is 0 Å². The van der Waals surface area contributed by atoms with Crippen molar-refractivity contribution in [2.75, 3.05) is 11.9 Å². The number of hydrogen-bond donors (Lipinski definition) is 1. The first-order chi connectivity index (χ1) is 15.4. The monoisotopic (exact) mass is 457 g/mol. The van der Waals surface area contributed by atoms with E-state index in [-0.39, 0.29) is 11.6 Å². The number of carbonyl (C=O) groups excluding carboxylic acids is 1. The van der Waals surface area contributed by atoms with Gasteiger partial charge in [-0.3, -0.25) is 9.69 Å². The number of benzene rings is 1. The summed E-state index contributed by atoms with van der Waals surface area (Å²) >= 11 is 1.50. The molecule has 0 spiro atoms. The second-order valence-corrected chi connectivity index (χ2v) is 8.60. The lowest BCUT2D eigenvalue weighted by Crippen LogP contribution is -2.30. The van der Waals surface area contributed by atoms with Gasteiger partial charge in [0.1, 0.15) is 0 Å². The molecule has 32 heavy (non-hydrogen) atoms. The van der Waals surface area contributed by atoms with Crippen LogP contribution in [0.15, 0.2) is 54.3 Å². The summed E-state index contributed by atoms with van der Waals surface area (Å²) in [5, 5.41) is 8.61. The number of nitrogens with zero attached hydrogens (tertiary/aromatic N) is 4. The third-order valence-corrected chi connectivity index (χ3v) is 6.44. The van der Waals surface area contributed by atoms with Crippen molar-refractivity contribution in [2.24, 2.45) is 0 Å². The minimum Gasteiger partial charge on any atom is -0.322 e. The molecule has 1 aromatic carbocycles. The summed E-state index contributed by atoms with van der Waals surface area (Å²) in [6.07, 6.45) is 1.75. The fourth-order valence-electron chi connectivity index (χ4n) is 3.87. The Kier molecular flexibility index (Phi) is 5.18. The number of hydrogen-bond acceptors (Lipinski definition) is 5. The Morgan fingerprint density at radius 3 is 2.97 bits per heavy atom. The van der Waals surface area contributed by atoms with Crippen LogP contribution in [-0.4, -0.2) is 31.9 Å². The molecular weight excluding hydrogens is 439 g/mol. The number of thiophene rings is 1. The maximum absolute atomic E-state index is 12.9. The summed E-state index contributed by atoms with van der Waals surface area (Å²) in [5.41, 5.74) is 2.68. The van der Waals surface area contributed by atoms with Crippen molar-refractivity contribution < 1.29 is 18.0 Å². The topological polar surface area (TPSA) is 62.5 Å². The minimum atomic E-state index is -4.46. The standard InChI is InChI=1S/C22H18F3N5OS/c23-22(24,25)15-2-1-3-16(8-15)28-21(31)18-13-32-19-12-29(7-5-17(18)19)10-14-9-26-20-4-6-27-30(20)11-14/h1-4,6,8-9,11,13H,5,7,10,12H2,(H,28,31). The van der Waals surface area contributed by atoms with Gasteiger partial charge in [0.2, 0.25) is 0 Å². The Labute approximate surface area is 185 Å². The second-order valence-electron chi connectivity index (χ2n) is 7.64. The fraction of sp³-hybridized carbons (Fsp3) is 0.227. The van der Waals surface area contributed by atoms with Gasteiger partial charge in [-0.15, -0.1) is 11.3 Å². The minimum absolute atomic E-state index is 0.128. The van der Waals surface area contributed by atoms with Crippen LogP contribution < -0.4 is 5.32 Å². The molecule has 1 aliphatic heterocycles. The molecule has 0 aliphatic carbocycles. The highest BCUT2D eigenvalue weighted by atomic mass is 32.1. The second kappa shape index (κ2) is 8.03. The third-order valence-electron chi connectivity index (χ3n) is 5.42. The number of aromatic nitrogens is 3. The molecule has 4 aromatic rings. The number of fused-ring (bicyclic) bond motifs is 2. The summed E-state index contributed by atoms with van der Waals surface area (Å²) in [4.78, 5) is 20.5. The number of carbonyl (C=O) groups is 1. The van der Waals surface area contributed by atoms with Crippen molar-refractivity contribution in [2.45, 2.75) is 25.7 Å². The predicted octanol–water partition coefficient (Wildman–Crippen LogP) is 4.62. The fourth-order valence-corrected chi connectivity index (χ4v) is 4.99. The van der Waals surface area contributed by atoms with E-state index in [0.717, 1.165) is 40.3 Å². The van der Waals surface area contributed by atoms with E-state index in [2.05, 4.69) is 20.3 Å². The molecule has 0 saturated heterocycles. The van der Waals surface area contributed by atoms with E-state index >= 15 is 0 Å². The maximum atomic E-state index is 12.9. The zero-order valence-corrected chi connectivity index (χ0v) is 17.6. The zero-order chi connectivity index (χ0) is 22.3. The first-order valence-corrected chi connectivity index (χ1v) is 10.8. The summed E-state index contributed by atoms with van der Waals surface area (Å²) in [6.45, 7) is 2.19. The lowest BCUT2D eigenvalue weighted by Gasteiger charge is -2.27. The van der Waals surface area contributed by atoms with E-state index in [1.54, 1.807) is 16.1 Å². The van der Waals surface area contributed by atoms with Gasteiger partial charge in [-0.1, -0.05) is 6.07 Å². The highest BCUT2D eigenvalue weighted by molar-refractivity contribution is 7.10. The Balaban J connectivity index is 1.28. The largest absolute Gasteiger partial charge is 0.416 e. The highest BCUT2D eigenvalue weighted by Crippen LogP contribution is 2.32. The molecular formula is C22H18F3N5OS. The smallest absolute Gasteiger partial charge is 0.322 e. The molecule has 4 heterocycles. The lowest BCUT2D eigenvalue weighted by atomic mass is 10.0. The van der Waals surface area contributed by atoms with Gasteiger partial charge < -0.3 is 5.32 Å². The van der Waals surface area contributed by atoms with Gasteiger partial charge in [-0.25, -0.2) is 9.50 Å². The molecule has 1 amide bonds. The molecule has 1 N–H and O–H groups in total. The van der Waals surface area contributed by atoms with Crippen molar-refractivity contribution >= 4 is 28.6 Å². The van der Waals surface area contributed by atoms with Gasteiger partial charge in [-0.2, -0.15) is 18.3 Å². The van der Waals surface area contributed by atoms with Gasteiger partial charge >= 0.3 is 6.18 Å². The van der Waals surface area contributed by atoms with E-state index in [4.69, 9.17) is 0 Å². The average Bonchev–Trinajstić information content (AvgIpc) is 3.39. The van der Waals surface area contributed by atoms with Crippen LogP contribution in [0.5, 0.6) is 0 Å². The average molecular weight is 457 g/mol. The van der Waals surface area contributed by atoms with Gasteiger partial charge in [0.25, 0.3) is 5.91 Å². The summed E-state index contributed by atoms with van der Waals surface area (Å²) in [7, 11) is 0. The maximum Gasteiger partial charge on any atom is 0.416 e. The highest BCUT2D eigenvalue weighted by Gasteiger charge is 2.31. The SMILES string of the molecule is O=C(Nc1cccc(C(F)(F)F)c1)c1csc2c1CCN(Cc1cnc3ccnn3c1)C2. The van der Waals surface area contributed by atoms with Gasteiger partial charge in [-0.05, 0) is 30.2 Å². The van der Waals surface area contributed by atoms with Crippen LogP contribution in [0.3, 0.4) is 0 Å². The van der Waals surface area contributed by atoms with Crippen molar-refractivity contribution in [1.82, 2.24) is 19.5 Å². The molecule has 164 valence electrons. The van der Waals surface area contributed by atoms with Crippen LogP contribution in [-0.2, 0) is 25.7 Å². The van der Waals surface area contributed by atoms with Crippen molar-refractivity contribution in [1.29, 1.82) is 0 Å². The molecule has 1 aliphatic rings. The number of nitrogens with one attached hydrogen (secondary N) is 1. The molecule has 10 heteroatoms. The summed E-state index contributed by atoms with van der Waals surface area (Å²) in [6, 6.07) is 6.51. The third kappa shape index (κ3) is 4.11. The van der Waals surface area contributed by atoms with Crippen LogP contribution in [0, 0.1) is 0 Å². The molecule has 0 saturated carbocycles. The van der Waals surface area contributed by atoms with Crippen LogP contribution in [0.25, 0.3) is 5.65 Å². The van der Waals surface area contributed by atoms with Gasteiger partial charge in [0.15, 0.2) is 5.65 Å². The molecule has 3 aromatic heterocycles. The Hall–Kier alpha value is -3.24. The normalized spacial score (nSPS) is 14.5. The Morgan fingerprint density at radius 1 is 1.25 bits per heavy atom. The molecule has 0 atom stereocenters. The Morgan fingerprint density at radius 2 is 2.12 bits per heavy atom. The van der Waals surface area contributed by atoms with Gasteiger partial charge in [0, 0.05) is 59.6 Å². The van der Waals surface area contributed by atoms with E-state index in [0.29, 0.717) is 25.1 Å². The van der Waals surface area contributed by atoms with Crippen LogP contribution in [0.4, 0.5) is 18.9 Å². The Bertz CT molecular complexity index is 1300. The van der Waals surface area contributed by atoms with Crippen molar-refractivity contribution in [3.05, 3.63) is 81.4 Å². The summed E-state index contributed by atoms with van der Waals surface area (Å²) < 4.78 is 40.5. The first-order valence-electron chi connectivity index (χ1n) is 9.95. The molecule has 5 rings (SSSR count).